The molecule has 0 radical (unpaired) electrons. The zero-order valence-corrected chi connectivity index (χ0v) is 9.43. The van der Waals surface area contributed by atoms with Crippen LogP contribution in [0.3, 0.4) is 0 Å². The van der Waals surface area contributed by atoms with Crippen LogP contribution in [0.5, 0.6) is 0 Å². The summed E-state index contributed by atoms with van der Waals surface area (Å²) < 4.78 is 0. The minimum Gasteiger partial charge on any atom is -0.0654 e. The predicted molar refractivity (Wildman–Crippen MR) is 61.1 cm³/mol. The van der Waals surface area contributed by atoms with Gasteiger partial charge in [0.2, 0.25) is 0 Å². The second kappa shape index (κ2) is 7.85. The lowest BCUT2D eigenvalue weighted by atomic mass is 10.2. The van der Waals surface area contributed by atoms with E-state index in [4.69, 9.17) is 0 Å². The van der Waals surface area contributed by atoms with E-state index in [1.807, 2.05) is 0 Å². The van der Waals surface area contributed by atoms with Crippen LogP contribution in [0.15, 0.2) is 24.3 Å². The highest BCUT2D eigenvalue weighted by Gasteiger charge is 1.79. The SMILES string of the molecule is CCCCC.Cc1ccc(C)cc1. The maximum Gasteiger partial charge on any atom is -0.0398 e. The fourth-order valence-corrected chi connectivity index (χ4v) is 0.990. The van der Waals surface area contributed by atoms with Gasteiger partial charge in [-0.15, -0.1) is 0 Å². The molecule has 1 rings (SSSR count). The highest BCUT2D eigenvalue weighted by molar-refractivity contribution is 5.19. The van der Waals surface area contributed by atoms with Gasteiger partial charge in [-0.2, -0.15) is 0 Å². The van der Waals surface area contributed by atoms with Gasteiger partial charge in [-0.3, -0.25) is 0 Å². The molecule has 13 heavy (non-hydrogen) atoms. The molecule has 0 aliphatic heterocycles. The van der Waals surface area contributed by atoms with Gasteiger partial charge in [0, 0.05) is 0 Å². The molecule has 0 aromatic heterocycles. The standard InChI is InChI=1S/C8H10.C5H12/c1-7-3-5-8(2)6-4-7;1-3-5-4-2/h3-6H,1-2H3;3-5H2,1-2H3. The largest absolute Gasteiger partial charge is 0.0654 e. The van der Waals surface area contributed by atoms with Crippen LogP contribution in [0.1, 0.15) is 44.2 Å². The van der Waals surface area contributed by atoms with Crippen molar-refractivity contribution < 1.29 is 0 Å². The van der Waals surface area contributed by atoms with Gasteiger partial charge in [-0.05, 0) is 13.8 Å². The van der Waals surface area contributed by atoms with Crippen LogP contribution in [-0.4, -0.2) is 0 Å². The molecule has 0 aliphatic carbocycles. The summed E-state index contributed by atoms with van der Waals surface area (Å²) in [6.45, 7) is 8.62. The van der Waals surface area contributed by atoms with E-state index >= 15 is 0 Å². The zero-order chi connectivity index (χ0) is 10.1. The van der Waals surface area contributed by atoms with Gasteiger partial charge in [-0.25, -0.2) is 0 Å². The quantitative estimate of drug-likeness (QED) is 0.625. The van der Waals surface area contributed by atoms with Crippen molar-refractivity contribution in [3.8, 4) is 0 Å². The Labute approximate surface area is 83.0 Å². The smallest absolute Gasteiger partial charge is 0.0398 e. The second-order valence-electron chi connectivity index (χ2n) is 3.51. The summed E-state index contributed by atoms with van der Waals surface area (Å²) in [5.74, 6) is 0. The lowest BCUT2D eigenvalue weighted by Crippen LogP contribution is -1.70. The van der Waals surface area contributed by atoms with Crippen LogP contribution in [0.4, 0.5) is 0 Å². The van der Waals surface area contributed by atoms with E-state index in [9.17, 15) is 0 Å². The van der Waals surface area contributed by atoms with Crippen molar-refractivity contribution in [3.63, 3.8) is 0 Å². The molecule has 0 N–H and O–H groups in total. The lowest BCUT2D eigenvalue weighted by molar-refractivity contribution is 0.772. The summed E-state index contributed by atoms with van der Waals surface area (Å²) in [4.78, 5) is 0. The Morgan fingerprint density at radius 2 is 1.08 bits per heavy atom. The Kier molecular flexibility index (Phi) is 7.38. The first kappa shape index (κ1) is 12.2. The number of rotatable bonds is 2. The fraction of sp³-hybridized carbons (Fsp3) is 0.538. The minimum atomic E-state index is 1.33. The Balaban J connectivity index is 0.000000252. The number of aryl methyl sites for hydroxylation is 2. The summed E-state index contributed by atoms with van der Waals surface area (Å²) in [6, 6.07) is 8.48. The monoisotopic (exact) mass is 178 g/mol. The summed E-state index contributed by atoms with van der Waals surface area (Å²) in [5, 5.41) is 0. The number of unbranched alkanes of at least 4 members (excludes halogenated alkanes) is 2. The molecule has 1 aromatic carbocycles. The molecule has 0 fully saturated rings. The Morgan fingerprint density at radius 1 is 0.769 bits per heavy atom. The Morgan fingerprint density at radius 3 is 1.23 bits per heavy atom. The van der Waals surface area contributed by atoms with Gasteiger partial charge in [0.1, 0.15) is 0 Å². The highest BCUT2D eigenvalue weighted by Crippen LogP contribution is 1.99. The molecule has 0 aliphatic rings. The topological polar surface area (TPSA) is 0 Å². The predicted octanol–water partition coefficient (Wildman–Crippen LogP) is 4.50. The maximum absolute atomic E-state index is 2.21. The van der Waals surface area contributed by atoms with Gasteiger partial charge >= 0.3 is 0 Å². The first-order chi connectivity index (χ1) is 6.20. The van der Waals surface area contributed by atoms with Crippen molar-refractivity contribution in [1.82, 2.24) is 0 Å². The third-order valence-corrected chi connectivity index (χ3v) is 1.93. The van der Waals surface area contributed by atoms with Gasteiger partial charge in [-0.1, -0.05) is 68.5 Å². The van der Waals surface area contributed by atoms with Crippen LogP contribution in [0, 0.1) is 13.8 Å². The Bertz CT molecular complexity index is 173. The molecule has 0 atom stereocenters. The van der Waals surface area contributed by atoms with Crippen molar-refractivity contribution in [3.05, 3.63) is 35.4 Å². The van der Waals surface area contributed by atoms with E-state index in [1.54, 1.807) is 0 Å². The number of benzene rings is 1. The summed E-state index contributed by atoms with van der Waals surface area (Å²) >= 11 is 0. The van der Waals surface area contributed by atoms with Crippen molar-refractivity contribution >= 4 is 0 Å². The van der Waals surface area contributed by atoms with Crippen molar-refractivity contribution in [2.75, 3.05) is 0 Å². The molecule has 0 saturated carbocycles. The fourth-order valence-electron chi connectivity index (χ4n) is 0.990. The van der Waals surface area contributed by atoms with Gasteiger partial charge < -0.3 is 0 Å². The van der Waals surface area contributed by atoms with Crippen molar-refractivity contribution in [2.24, 2.45) is 0 Å². The normalized spacial score (nSPS) is 8.92. The molecule has 74 valence electrons. The van der Waals surface area contributed by atoms with Gasteiger partial charge in [0.15, 0.2) is 0 Å². The van der Waals surface area contributed by atoms with Gasteiger partial charge in [0.25, 0.3) is 0 Å². The van der Waals surface area contributed by atoms with Gasteiger partial charge in [0.05, 0.1) is 0 Å². The second-order valence-corrected chi connectivity index (χ2v) is 3.51. The summed E-state index contributed by atoms with van der Waals surface area (Å²) in [7, 11) is 0. The van der Waals surface area contributed by atoms with E-state index in [1.165, 1.54) is 30.4 Å². The van der Waals surface area contributed by atoms with Crippen LogP contribution in [0.2, 0.25) is 0 Å². The van der Waals surface area contributed by atoms with E-state index in [0.717, 1.165) is 0 Å². The van der Waals surface area contributed by atoms with E-state index in [0.29, 0.717) is 0 Å². The number of hydrogen-bond acceptors (Lipinski definition) is 0. The third kappa shape index (κ3) is 7.58. The summed E-state index contributed by atoms with van der Waals surface area (Å²) in [6.07, 6.45) is 4.08. The molecule has 0 bridgehead atoms. The van der Waals surface area contributed by atoms with E-state index < -0.39 is 0 Å². The van der Waals surface area contributed by atoms with Crippen LogP contribution in [0.25, 0.3) is 0 Å². The highest BCUT2D eigenvalue weighted by atomic mass is 13.9. The maximum atomic E-state index is 2.21. The lowest BCUT2D eigenvalue weighted by Gasteiger charge is -1.90. The average Bonchev–Trinajstić information content (AvgIpc) is 2.13. The van der Waals surface area contributed by atoms with E-state index in [-0.39, 0.29) is 0 Å². The van der Waals surface area contributed by atoms with Crippen molar-refractivity contribution in [1.29, 1.82) is 0 Å². The molecule has 1 aromatic rings. The zero-order valence-electron chi connectivity index (χ0n) is 9.43. The van der Waals surface area contributed by atoms with Crippen molar-refractivity contribution in [2.45, 2.75) is 47.0 Å². The molecule has 0 unspecified atom stereocenters. The van der Waals surface area contributed by atoms with Crippen LogP contribution < -0.4 is 0 Å². The molecule has 0 amide bonds. The molecule has 0 heteroatoms. The molecular formula is C13H22. The average molecular weight is 178 g/mol. The first-order valence-electron chi connectivity index (χ1n) is 5.24. The first-order valence-corrected chi connectivity index (χ1v) is 5.24. The Hall–Kier alpha value is -0.780. The van der Waals surface area contributed by atoms with Crippen LogP contribution in [-0.2, 0) is 0 Å². The third-order valence-electron chi connectivity index (χ3n) is 1.93. The minimum absolute atomic E-state index is 1.33. The molecular weight excluding hydrogens is 156 g/mol. The van der Waals surface area contributed by atoms with Crippen LogP contribution >= 0.6 is 0 Å². The summed E-state index contributed by atoms with van der Waals surface area (Å²) in [5.41, 5.74) is 2.66. The van der Waals surface area contributed by atoms with E-state index in [2.05, 4.69) is 52.0 Å². The molecule has 0 heterocycles. The number of hydrogen-bond donors (Lipinski definition) is 0. The molecule has 0 nitrogen and oxygen atoms in total. The molecule has 0 saturated heterocycles. The molecule has 0 spiro atoms.